The van der Waals surface area contributed by atoms with Crippen LogP contribution in [0.5, 0.6) is 5.75 Å². The first-order valence-electron chi connectivity index (χ1n) is 7.87. The first kappa shape index (κ1) is 16.5. The zero-order valence-corrected chi connectivity index (χ0v) is 14.1. The molecule has 0 spiro atoms. The molecule has 0 aliphatic heterocycles. The van der Waals surface area contributed by atoms with E-state index in [9.17, 15) is 9.59 Å². The number of ketones is 1. The molecule has 1 aliphatic carbocycles. The Balaban J connectivity index is 1.58. The number of benzene rings is 2. The average molecular weight is 344 g/mol. The van der Waals surface area contributed by atoms with E-state index in [4.69, 9.17) is 16.3 Å². The van der Waals surface area contributed by atoms with Gasteiger partial charge in [0.15, 0.2) is 12.4 Å². The van der Waals surface area contributed by atoms with E-state index in [0.29, 0.717) is 29.2 Å². The van der Waals surface area contributed by atoms with Crippen molar-refractivity contribution in [2.75, 3.05) is 6.61 Å². The van der Waals surface area contributed by atoms with Crippen molar-refractivity contribution in [1.82, 2.24) is 5.32 Å². The third-order valence-electron chi connectivity index (χ3n) is 4.14. The van der Waals surface area contributed by atoms with Crippen LogP contribution in [0.3, 0.4) is 0 Å². The van der Waals surface area contributed by atoms with E-state index in [-0.39, 0.29) is 24.3 Å². The largest absolute Gasteiger partial charge is 0.483 e. The van der Waals surface area contributed by atoms with Gasteiger partial charge in [0.05, 0.1) is 6.04 Å². The van der Waals surface area contributed by atoms with Crippen LogP contribution in [-0.2, 0) is 11.2 Å². The second-order valence-electron chi connectivity index (χ2n) is 5.83. The van der Waals surface area contributed by atoms with Gasteiger partial charge in [0.1, 0.15) is 5.75 Å². The first-order valence-corrected chi connectivity index (χ1v) is 8.25. The molecule has 1 amide bonds. The molecule has 0 fully saturated rings. The van der Waals surface area contributed by atoms with Crippen LogP contribution in [0.4, 0.5) is 0 Å². The molecule has 0 bridgehead atoms. The lowest BCUT2D eigenvalue weighted by atomic mass is 10.1. The molecule has 0 saturated heterocycles. The third-order valence-corrected chi connectivity index (χ3v) is 4.39. The number of amides is 1. The lowest BCUT2D eigenvalue weighted by Crippen LogP contribution is -2.31. The van der Waals surface area contributed by atoms with Gasteiger partial charge < -0.3 is 10.1 Å². The zero-order chi connectivity index (χ0) is 17.1. The Bertz CT molecular complexity index is 771. The number of nitrogens with one attached hydrogen (secondary N) is 1. The highest BCUT2D eigenvalue weighted by atomic mass is 35.5. The van der Waals surface area contributed by atoms with Gasteiger partial charge in [-0.2, -0.15) is 0 Å². The van der Waals surface area contributed by atoms with E-state index in [1.807, 2.05) is 19.1 Å². The number of fused-ring (bicyclic) bond motifs is 1. The smallest absolute Gasteiger partial charge is 0.258 e. The average Bonchev–Trinajstić information content (AvgIpc) is 2.95. The minimum Gasteiger partial charge on any atom is -0.483 e. The molecule has 0 aromatic heterocycles. The number of rotatable bonds is 5. The molecule has 3 rings (SSSR count). The summed E-state index contributed by atoms with van der Waals surface area (Å²) < 4.78 is 5.63. The Morgan fingerprint density at radius 2 is 1.96 bits per heavy atom. The summed E-state index contributed by atoms with van der Waals surface area (Å²) in [6.45, 7) is 1.82. The monoisotopic (exact) mass is 343 g/mol. The number of hydrogen-bond donors (Lipinski definition) is 1. The normalized spacial score (nSPS) is 14.2. The summed E-state index contributed by atoms with van der Waals surface area (Å²) in [5.74, 6) is 0.545. The van der Waals surface area contributed by atoms with Crippen molar-refractivity contribution in [2.45, 2.75) is 25.8 Å². The lowest BCUT2D eigenvalue weighted by molar-refractivity contribution is -0.123. The number of carbonyl (C=O) groups is 2. The molecule has 0 saturated carbocycles. The number of Topliss-reactive ketones (excluding diaryl/α,β-unsaturated/α-hetero) is 1. The van der Waals surface area contributed by atoms with E-state index in [0.717, 1.165) is 11.1 Å². The molecule has 124 valence electrons. The summed E-state index contributed by atoms with van der Waals surface area (Å²) in [4.78, 5) is 23.8. The van der Waals surface area contributed by atoms with Gasteiger partial charge in [-0.1, -0.05) is 35.9 Å². The SMILES string of the molecule is CC(NC(=O)COc1cccc2c1CCC2=O)c1ccc(Cl)cc1. The van der Waals surface area contributed by atoms with Crippen molar-refractivity contribution in [3.8, 4) is 5.75 Å². The first-order chi connectivity index (χ1) is 11.5. The Kier molecular flexibility index (Phi) is 4.86. The third kappa shape index (κ3) is 3.60. The second kappa shape index (κ2) is 7.05. The zero-order valence-electron chi connectivity index (χ0n) is 13.3. The predicted octanol–water partition coefficient (Wildman–Crippen LogP) is 3.73. The van der Waals surface area contributed by atoms with Crippen LogP contribution in [0.25, 0.3) is 0 Å². The Morgan fingerprint density at radius 1 is 1.21 bits per heavy atom. The van der Waals surface area contributed by atoms with Gasteiger partial charge in [0.2, 0.25) is 0 Å². The van der Waals surface area contributed by atoms with Gasteiger partial charge in [0.25, 0.3) is 5.91 Å². The van der Waals surface area contributed by atoms with Crippen LogP contribution in [-0.4, -0.2) is 18.3 Å². The highest BCUT2D eigenvalue weighted by Gasteiger charge is 2.23. The molecule has 24 heavy (non-hydrogen) atoms. The summed E-state index contributed by atoms with van der Waals surface area (Å²) in [5.41, 5.74) is 2.59. The van der Waals surface area contributed by atoms with Gasteiger partial charge in [0, 0.05) is 22.6 Å². The Morgan fingerprint density at radius 3 is 2.71 bits per heavy atom. The molecule has 1 unspecified atom stereocenters. The molecule has 1 aliphatic rings. The second-order valence-corrected chi connectivity index (χ2v) is 6.27. The maximum absolute atomic E-state index is 12.1. The fourth-order valence-electron chi connectivity index (χ4n) is 2.85. The molecule has 0 heterocycles. The van der Waals surface area contributed by atoms with Gasteiger partial charge in [-0.15, -0.1) is 0 Å². The number of carbonyl (C=O) groups excluding carboxylic acids is 2. The summed E-state index contributed by atoms with van der Waals surface area (Å²) in [6.07, 6.45) is 1.18. The maximum Gasteiger partial charge on any atom is 0.258 e. The highest BCUT2D eigenvalue weighted by Crippen LogP contribution is 2.30. The Hall–Kier alpha value is -2.33. The minimum absolute atomic E-state index is 0.0808. The number of ether oxygens (including phenoxy) is 1. The quantitative estimate of drug-likeness (QED) is 0.900. The van der Waals surface area contributed by atoms with Gasteiger partial charge in [-0.25, -0.2) is 0 Å². The van der Waals surface area contributed by atoms with Crippen LogP contribution < -0.4 is 10.1 Å². The summed E-state index contributed by atoms with van der Waals surface area (Å²) in [7, 11) is 0. The molecule has 4 nitrogen and oxygen atoms in total. The lowest BCUT2D eigenvalue weighted by Gasteiger charge is -2.15. The summed E-state index contributed by atoms with van der Waals surface area (Å²) in [6, 6.07) is 12.6. The van der Waals surface area contributed by atoms with E-state index in [1.165, 1.54) is 0 Å². The Labute approximate surface area is 145 Å². The molecule has 1 atom stereocenters. The molecule has 2 aromatic rings. The van der Waals surface area contributed by atoms with Crippen LogP contribution in [0.15, 0.2) is 42.5 Å². The van der Waals surface area contributed by atoms with E-state index in [1.54, 1.807) is 30.3 Å². The molecular formula is C19H18ClNO3. The summed E-state index contributed by atoms with van der Waals surface area (Å²) in [5, 5.41) is 3.55. The number of hydrogen-bond acceptors (Lipinski definition) is 3. The van der Waals surface area contributed by atoms with Crippen molar-refractivity contribution in [1.29, 1.82) is 0 Å². The molecule has 2 aromatic carbocycles. The number of halogens is 1. The molecule has 1 N–H and O–H groups in total. The summed E-state index contributed by atoms with van der Waals surface area (Å²) >= 11 is 5.86. The van der Waals surface area contributed by atoms with Crippen molar-refractivity contribution in [3.05, 3.63) is 64.2 Å². The van der Waals surface area contributed by atoms with Crippen LogP contribution >= 0.6 is 11.6 Å². The van der Waals surface area contributed by atoms with E-state index >= 15 is 0 Å². The van der Waals surface area contributed by atoms with Crippen LogP contribution in [0.2, 0.25) is 5.02 Å². The minimum atomic E-state index is -0.209. The van der Waals surface area contributed by atoms with Gasteiger partial charge >= 0.3 is 0 Å². The van der Waals surface area contributed by atoms with Crippen LogP contribution in [0.1, 0.15) is 40.9 Å². The van der Waals surface area contributed by atoms with E-state index < -0.39 is 0 Å². The van der Waals surface area contributed by atoms with Gasteiger partial charge in [-0.05, 0) is 37.1 Å². The van der Waals surface area contributed by atoms with Crippen LogP contribution in [0, 0.1) is 0 Å². The molecular weight excluding hydrogens is 326 g/mol. The fourth-order valence-corrected chi connectivity index (χ4v) is 2.98. The predicted molar refractivity (Wildman–Crippen MR) is 92.6 cm³/mol. The fraction of sp³-hybridized carbons (Fsp3) is 0.263. The van der Waals surface area contributed by atoms with Crippen molar-refractivity contribution < 1.29 is 14.3 Å². The van der Waals surface area contributed by atoms with Crippen molar-refractivity contribution in [2.24, 2.45) is 0 Å². The van der Waals surface area contributed by atoms with Crippen molar-refractivity contribution >= 4 is 23.3 Å². The van der Waals surface area contributed by atoms with E-state index in [2.05, 4.69) is 5.32 Å². The molecule has 0 radical (unpaired) electrons. The molecule has 5 heteroatoms. The standard InChI is InChI=1S/C19H18ClNO3/c1-12(13-5-7-14(20)8-6-13)21-19(23)11-24-18-4-2-3-15-16(18)9-10-17(15)22/h2-8,12H,9-11H2,1H3,(H,21,23). The highest BCUT2D eigenvalue weighted by molar-refractivity contribution is 6.30. The van der Waals surface area contributed by atoms with Gasteiger partial charge in [-0.3, -0.25) is 9.59 Å². The van der Waals surface area contributed by atoms with Crippen molar-refractivity contribution in [3.63, 3.8) is 0 Å². The topological polar surface area (TPSA) is 55.4 Å². The maximum atomic E-state index is 12.1.